The molecule has 2 rings (SSSR count). The first-order valence-electron chi connectivity index (χ1n) is 6.56. The second-order valence-electron chi connectivity index (χ2n) is 4.21. The van der Waals surface area contributed by atoms with Gasteiger partial charge < -0.3 is 10.1 Å². The molecule has 0 aliphatic heterocycles. The highest BCUT2D eigenvalue weighted by atomic mass is 16.5. The van der Waals surface area contributed by atoms with E-state index in [1.54, 1.807) is 24.4 Å². The van der Waals surface area contributed by atoms with Crippen LogP contribution in [0.5, 0.6) is 0 Å². The largest absolute Gasteiger partial charge is 0.382 e. The van der Waals surface area contributed by atoms with E-state index in [1.807, 2.05) is 6.92 Å². The maximum Gasteiger partial charge on any atom is 0.270 e. The molecule has 6 nitrogen and oxygen atoms in total. The van der Waals surface area contributed by atoms with E-state index < -0.39 is 5.91 Å². The molecular formula is C14H17N3O3. The second kappa shape index (κ2) is 6.81. The maximum atomic E-state index is 12.1. The van der Waals surface area contributed by atoms with Crippen molar-refractivity contribution in [2.45, 2.75) is 13.3 Å². The molecule has 0 saturated carbocycles. The number of pyridine rings is 1. The Hall–Kier alpha value is -2.21. The van der Waals surface area contributed by atoms with Crippen molar-refractivity contribution in [1.29, 1.82) is 0 Å². The fourth-order valence-electron chi connectivity index (χ4n) is 1.80. The van der Waals surface area contributed by atoms with Crippen LogP contribution in [0.3, 0.4) is 0 Å². The number of hydrogen-bond acceptors (Lipinski definition) is 4. The van der Waals surface area contributed by atoms with Crippen LogP contribution in [-0.4, -0.2) is 35.1 Å². The van der Waals surface area contributed by atoms with E-state index in [1.165, 1.54) is 10.6 Å². The molecule has 0 unspecified atom stereocenters. The SMILES string of the molecule is CCOCCCNC(=O)c1cnc2ccccn2c1=O. The average molecular weight is 275 g/mol. The summed E-state index contributed by atoms with van der Waals surface area (Å²) in [6.45, 7) is 3.63. The van der Waals surface area contributed by atoms with Crippen LogP contribution in [0.4, 0.5) is 0 Å². The summed E-state index contributed by atoms with van der Waals surface area (Å²) in [5, 5.41) is 2.69. The van der Waals surface area contributed by atoms with Crippen LogP contribution >= 0.6 is 0 Å². The first-order chi connectivity index (χ1) is 9.74. The third-order valence-corrected chi connectivity index (χ3v) is 2.81. The Morgan fingerprint density at radius 3 is 3.10 bits per heavy atom. The lowest BCUT2D eigenvalue weighted by Gasteiger charge is -2.06. The number of nitrogens with one attached hydrogen (secondary N) is 1. The van der Waals surface area contributed by atoms with Crippen molar-refractivity contribution in [3.05, 3.63) is 46.5 Å². The lowest BCUT2D eigenvalue weighted by molar-refractivity contribution is 0.0942. The molecule has 1 amide bonds. The first-order valence-corrected chi connectivity index (χ1v) is 6.56. The molecule has 2 aromatic heterocycles. The highest BCUT2D eigenvalue weighted by molar-refractivity contribution is 5.93. The molecule has 0 aliphatic rings. The third-order valence-electron chi connectivity index (χ3n) is 2.81. The van der Waals surface area contributed by atoms with Crippen LogP contribution in [0.2, 0.25) is 0 Å². The quantitative estimate of drug-likeness (QED) is 0.793. The Bertz CT molecular complexity index is 651. The minimum atomic E-state index is -0.405. The van der Waals surface area contributed by atoms with E-state index in [-0.39, 0.29) is 11.1 Å². The first kappa shape index (κ1) is 14.2. The summed E-state index contributed by atoms with van der Waals surface area (Å²) in [5.41, 5.74) is 0.202. The molecule has 2 aromatic rings. The van der Waals surface area contributed by atoms with Gasteiger partial charge in [0.25, 0.3) is 11.5 Å². The number of ether oxygens (including phenoxy) is 1. The Kier molecular flexibility index (Phi) is 4.84. The average Bonchev–Trinajstić information content (AvgIpc) is 2.47. The lowest BCUT2D eigenvalue weighted by atomic mass is 10.3. The van der Waals surface area contributed by atoms with E-state index >= 15 is 0 Å². The summed E-state index contributed by atoms with van der Waals surface area (Å²) in [6.07, 6.45) is 3.62. The van der Waals surface area contributed by atoms with Crippen molar-refractivity contribution in [3.8, 4) is 0 Å². The van der Waals surface area contributed by atoms with Crippen LogP contribution in [0.1, 0.15) is 23.7 Å². The molecule has 20 heavy (non-hydrogen) atoms. The fraction of sp³-hybridized carbons (Fsp3) is 0.357. The summed E-state index contributed by atoms with van der Waals surface area (Å²) in [5.74, 6) is -0.405. The summed E-state index contributed by atoms with van der Waals surface area (Å²) < 4.78 is 6.53. The third kappa shape index (κ3) is 3.21. The van der Waals surface area contributed by atoms with Gasteiger partial charge in [0.1, 0.15) is 11.2 Å². The predicted octanol–water partition coefficient (Wildman–Crippen LogP) is 0.851. The molecular weight excluding hydrogens is 258 g/mol. The number of carbonyl (C=O) groups is 1. The van der Waals surface area contributed by atoms with Crippen molar-refractivity contribution >= 4 is 11.6 Å². The number of nitrogens with zero attached hydrogens (tertiary/aromatic N) is 2. The van der Waals surface area contributed by atoms with Crippen LogP contribution in [0.15, 0.2) is 35.4 Å². The highest BCUT2D eigenvalue weighted by Crippen LogP contribution is 1.97. The summed E-state index contributed by atoms with van der Waals surface area (Å²) in [4.78, 5) is 28.2. The van der Waals surface area contributed by atoms with E-state index in [0.717, 1.165) is 0 Å². The molecule has 0 aliphatic carbocycles. The van der Waals surface area contributed by atoms with Gasteiger partial charge in [-0.15, -0.1) is 0 Å². The molecule has 0 fully saturated rings. The highest BCUT2D eigenvalue weighted by Gasteiger charge is 2.12. The van der Waals surface area contributed by atoms with Crippen molar-refractivity contribution < 1.29 is 9.53 Å². The maximum absolute atomic E-state index is 12.1. The van der Waals surface area contributed by atoms with Gasteiger partial charge in [-0.1, -0.05) is 6.07 Å². The van der Waals surface area contributed by atoms with Gasteiger partial charge in [-0.2, -0.15) is 0 Å². The number of carbonyl (C=O) groups excluding carboxylic acids is 1. The molecule has 1 N–H and O–H groups in total. The van der Waals surface area contributed by atoms with Gasteiger partial charge >= 0.3 is 0 Å². The zero-order chi connectivity index (χ0) is 14.4. The Morgan fingerprint density at radius 1 is 1.45 bits per heavy atom. The molecule has 0 bridgehead atoms. The van der Waals surface area contributed by atoms with Gasteiger partial charge in [0.15, 0.2) is 0 Å². The number of aromatic nitrogens is 2. The molecule has 106 valence electrons. The summed E-state index contributed by atoms with van der Waals surface area (Å²) in [6, 6.07) is 5.22. The van der Waals surface area contributed by atoms with Gasteiger partial charge in [0.05, 0.1) is 0 Å². The van der Waals surface area contributed by atoms with E-state index in [0.29, 0.717) is 31.8 Å². The van der Waals surface area contributed by atoms with Gasteiger partial charge in [0, 0.05) is 32.2 Å². The van der Waals surface area contributed by atoms with Crippen molar-refractivity contribution in [3.63, 3.8) is 0 Å². The van der Waals surface area contributed by atoms with Crippen molar-refractivity contribution in [1.82, 2.24) is 14.7 Å². The van der Waals surface area contributed by atoms with E-state index in [9.17, 15) is 9.59 Å². The molecule has 0 atom stereocenters. The zero-order valence-corrected chi connectivity index (χ0v) is 11.3. The molecule has 2 heterocycles. The molecule has 6 heteroatoms. The molecule has 0 aromatic carbocycles. The number of fused-ring (bicyclic) bond motifs is 1. The van der Waals surface area contributed by atoms with E-state index in [4.69, 9.17) is 4.74 Å². The Balaban J connectivity index is 2.07. The Morgan fingerprint density at radius 2 is 2.30 bits per heavy atom. The normalized spacial score (nSPS) is 10.7. The Labute approximate surface area is 116 Å². The van der Waals surface area contributed by atoms with Crippen LogP contribution in [0.25, 0.3) is 5.65 Å². The summed E-state index contributed by atoms with van der Waals surface area (Å²) in [7, 11) is 0. The van der Waals surface area contributed by atoms with Crippen molar-refractivity contribution in [2.75, 3.05) is 19.8 Å². The van der Waals surface area contributed by atoms with Gasteiger partial charge in [-0.05, 0) is 25.5 Å². The minimum Gasteiger partial charge on any atom is -0.382 e. The van der Waals surface area contributed by atoms with Crippen LogP contribution in [0, 0.1) is 0 Å². The number of hydrogen-bond donors (Lipinski definition) is 1. The number of amides is 1. The number of rotatable bonds is 6. The smallest absolute Gasteiger partial charge is 0.270 e. The lowest BCUT2D eigenvalue weighted by Crippen LogP contribution is -2.32. The molecule has 0 spiro atoms. The van der Waals surface area contributed by atoms with Gasteiger partial charge in [-0.3, -0.25) is 14.0 Å². The van der Waals surface area contributed by atoms with Gasteiger partial charge in [0.2, 0.25) is 0 Å². The zero-order valence-electron chi connectivity index (χ0n) is 11.3. The molecule has 0 saturated heterocycles. The monoisotopic (exact) mass is 275 g/mol. The van der Waals surface area contributed by atoms with Crippen LogP contribution < -0.4 is 10.9 Å². The minimum absolute atomic E-state index is 0.0464. The standard InChI is InChI=1S/C14H17N3O3/c1-2-20-9-5-7-15-13(18)11-10-16-12-6-3-4-8-17(12)14(11)19/h3-4,6,8,10H,2,5,7,9H2,1H3,(H,15,18). The predicted molar refractivity (Wildman–Crippen MR) is 74.9 cm³/mol. The summed E-state index contributed by atoms with van der Waals surface area (Å²) >= 11 is 0. The molecule has 0 radical (unpaired) electrons. The van der Waals surface area contributed by atoms with Crippen molar-refractivity contribution in [2.24, 2.45) is 0 Å². The van der Waals surface area contributed by atoms with Gasteiger partial charge in [-0.25, -0.2) is 4.98 Å². The second-order valence-corrected chi connectivity index (χ2v) is 4.21. The topological polar surface area (TPSA) is 72.7 Å². The van der Waals surface area contributed by atoms with Crippen LogP contribution in [-0.2, 0) is 4.74 Å². The fourth-order valence-corrected chi connectivity index (χ4v) is 1.80. The van der Waals surface area contributed by atoms with E-state index in [2.05, 4.69) is 10.3 Å².